The number of hydrogen-bond donors (Lipinski definition) is 2. The summed E-state index contributed by atoms with van der Waals surface area (Å²) in [5.74, 6) is 2.13. The smallest absolute Gasteiger partial charge is 0.191 e. The molecule has 3 rings (SSSR count). The highest BCUT2D eigenvalue weighted by atomic mass is 19.1. The van der Waals surface area contributed by atoms with Gasteiger partial charge in [0.25, 0.3) is 0 Å². The van der Waals surface area contributed by atoms with Crippen molar-refractivity contribution in [1.29, 1.82) is 0 Å². The summed E-state index contributed by atoms with van der Waals surface area (Å²) in [5, 5.41) is 6.64. The lowest BCUT2D eigenvalue weighted by atomic mass is 10.1. The predicted molar refractivity (Wildman–Crippen MR) is 100 cm³/mol. The molecule has 2 unspecified atom stereocenters. The van der Waals surface area contributed by atoms with Gasteiger partial charge in [0, 0.05) is 25.6 Å². The molecule has 0 aromatic heterocycles. The Hall–Kier alpha value is -2.76. The van der Waals surface area contributed by atoms with E-state index < -0.39 is 0 Å². The molecule has 6 heteroatoms. The first kappa shape index (κ1) is 18.0. The Balaban J connectivity index is 1.56. The number of aliphatic imine (C=N–C) groups is 1. The van der Waals surface area contributed by atoms with E-state index >= 15 is 0 Å². The molecule has 5 nitrogen and oxygen atoms in total. The molecule has 26 heavy (non-hydrogen) atoms. The summed E-state index contributed by atoms with van der Waals surface area (Å²) in [6.07, 6.45) is 0.901. The molecule has 0 saturated heterocycles. The van der Waals surface area contributed by atoms with E-state index in [2.05, 4.69) is 15.6 Å². The van der Waals surface area contributed by atoms with E-state index in [4.69, 9.17) is 9.47 Å². The van der Waals surface area contributed by atoms with Crippen LogP contribution in [0.2, 0.25) is 0 Å². The van der Waals surface area contributed by atoms with Gasteiger partial charge in [0.15, 0.2) is 17.5 Å². The molecule has 1 aliphatic rings. The van der Waals surface area contributed by atoms with Gasteiger partial charge in [-0.2, -0.15) is 0 Å². The van der Waals surface area contributed by atoms with Crippen molar-refractivity contribution in [3.05, 3.63) is 59.4 Å². The SMILES string of the molecule is CN=C(NCc1ccc(OC)c(OC)c1)NC1CC1c1ccccc1F. The highest BCUT2D eigenvalue weighted by Crippen LogP contribution is 2.41. The number of halogens is 1. The molecule has 0 heterocycles. The van der Waals surface area contributed by atoms with Gasteiger partial charge in [-0.15, -0.1) is 0 Å². The number of nitrogens with zero attached hydrogens (tertiary/aromatic N) is 1. The van der Waals surface area contributed by atoms with Crippen LogP contribution in [0.1, 0.15) is 23.5 Å². The van der Waals surface area contributed by atoms with Crippen molar-refractivity contribution in [2.24, 2.45) is 4.99 Å². The van der Waals surface area contributed by atoms with Gasteiger partial charge >= 0.3 is 0 Å². The van der Waals surface area contributed by atoms with Crippen molar-refractivity contribution >= 4 is 5.96 Å². The fourth-order valence-corrected chi connectivity index (χ4v) is 3.02. The third-order valence-corrected chi connectivity index (χ3v) is 4.55. The van der Waals surface area contributed by atoms with E-state index in [0.29, 0.717) is 24.0 Å². The Kier molecular flexibility index (Phi) is 5.61. The van der Waals surface area contributed by atoms with Crippen molar-refractivity contribution in [2.75, 3.05) is 21.3 Å². The summed E-state index contributed by atoms with van der Waals surface area (Å²) in [7, 11) is 4.96. The van der Waals surface area contributed by atoms with Crippen LogP contribution >= 0.6 is 0 Å². The molecular weight excluding hydrogens is 333 g/mol. The quantitative estimate of drug-likeness (QED) is 0.616. The monoisotopic (exact) mass is 357 g/mol. The first-order valence-corrected chi connectivity index (χ1v) is 8.58. The Morgan fingerprint density at radius 1 is 1.15 bits per heavy atom. The van der Waals surface area contributed by atoms with Crippen LogP contribution in [0, 0.1) is 5.82 Å². The number of methoxy groups -OCH3 is 2. The van der Waals surface area contributed by atoms with Gasteiger partial charge in [-0.1, -0.05) is 24.3 Å². The van der Waals surface area contributed by atoms with Crippen molar-refractivity contribution in [3.63, 3.8) is 0 Å². The number of nitrogens with one attached hydrogen (secondary N) is 2. The van der Waals surface area contributed by atoms with Crippen molar-refractivity contribution in [3.8, 4) is 11.5 Å². The Bertz CT molecular complexity index is 794. The van der Waals surface area contributed by atoms with Gasteiger partial charge in [0.05, 0.1) is 14.2 Å². The van der Waals surface area contributed by atoms with Gasteiger partial charge in [-0.25, -0.2) is 4.39 Å². The molecule has 0 aliphatic heterocycles. The van der Waals surface area contributed by atoms with Crippen LogP contribution in [0.5, 0.6) is 11.5 Å². The third kappa shape index (κ3) is 4.07. The van der Waals surface area contributed by atoms with Gasteiger partial charge in [-0.05, 0) is 35.7 Å². The first-order valence-electron chi connectivity index (χ1n) is 8.58. The van der Waals surface area contributed by atoms with Gasteiger partial charge in [0.1, 0.15) is 5.82 Å². The molecule has 2 aromatic rings. The minimum atomic E-state index is -0.143. The molecule has 138 valence electrons. The Morgan fingerprint density at radius 2 is 1.92 bits per heavy atom. The van der Waals surface area contributed by atoms with E-state index in [1.807, 2.05) is 30.3 Å². The van der Waals surface area contributed by atoms with Crippen molar-refractivity contribution in [2.45, 2.75) is 24.9 Å². The van der Waals surface area contributed by atoms with E-state index in [1.54, 1.807) is 27.3 Å². The zero-order chi connectivity index (χ0) is 18.5. The predicted octanol–water partition coefficient (Wildman–Crippen LogP) is 3.06. The highest BCUT2D eigenvalue weighted by Gasteiger charge is 2.40. The number of guanidine groups is 1. The minimum absolute atomic E-state index is 0.143. The summed E-state index contributed by atoms with van der Waals surface area (Å²) in [6, 6.07) is 12.9. The molecule has 1 saturated carbocycles. The van der Waals surface area contributed by atoms with Gasteiger partial charge in [0.2, 0.25) is 0 Å². The lowest BCUT2D eigenvalue weighted by Crippen LogP contribution is -2.38. The topological polar surface area (TPSA) is 54.9 Å². The Labute approximate surface area is 153 Å². The molecular formula is C20H24FN3O2. The average molecular weight is 357 g/mol. The third-order valence-electron chi connectivity index (χ3n) is 4.55. The van der Waals surface area contributed by atoms with E-state index in [9.17, 15) is 4.39 Å². The van der Waals surface area contributed by atoms with E-state index in [-0.39, 0.29) is 17.8 Å². The molecule has 0 amide bonds. The summed E-state index contributed by atoms with van der Waals surface area (Å²) >= 11 is 0. The summed E-state index contributed by atoms with van der Waals surface area (Å²) in [5.41, 5.74) is 1.81. The zero-order valence-corrected chi connectivity index (χ0v) is 15.3. The van der Waals surface area contributed by atoms with Crippen LogP contribution in [-0.2, 0) is 6.54 Å². The van der Waals surface area contributed by atoms with Crippen molar-refractivity contribution < 1.29 is 13.9 Å². The highest BCUT2D eigenvalue weighted by molar-refractivity contribution is 5.80. The first-order chi connectivity index (χ1) is 12.7. The fourth-order valence-electron chi connectivity index (χ4n) is 3.02. The van der Waals surface area contributed by atoms with Crippen LogP contribution < -0.4 is 20.1 Å². The van der Waals surface area contributed by atoms with Gasteiger partial charge < -0.3 is 20.1 Å². The van der Waals surface area contributed by atoms with Crippen LogP contribution in [0.4, 0.5) is 4.39 Å². The lowest BCUT2D eigenvalue weighted by Gasteiger charge is -2.13. The van der Waals surface area contributed by atoms with Crippen LogP contribution in [-0.4, -0.2) is 33.3 Å². The maximum atomic E-state index is 13.9. The molecule has 1 aliphatic carbocycles. The van der Waals surface area contributed by atoms with Crippen LogP contribution in [0.15, 0.2) is 47.5 Å². The molecule has 2 aromatic carbocycles. The summed E-state index contributed by atoms with van der Waals surface area (Å²) in [6.45, 7) is 0.594. The normalized spacial score (nSPS) is 19.0. The van der Waals surface area contributed by atoms with Gasteiger partial charge in [-0.3, -0.25) is 4.99 Å². The van der Waals surface area contributed by atoms with Crippen LogP contribution in [0.3, 0.4) is 0 Å². The number of hydrogen-bond acceptors (Lipinski definition) is 3. The van der Waals surface area contributed by atoms with Crippen LogP contribution in [0.25, 0.3) is 0 Å². The minimum Gasteiger partial charge on any atom is -0.493 e. The Morgan fingerprint density at radius 3 is 2.62 bits per heavy atom. The van der Waals surface area contributed by atoms with E-state index in [0.717, 1.165) is 17.5 Å². The average Bonchev–Trinajstić information content (AvgIpc) is 3.44. The number of rotatable bonds is 6. The maximum absolute atomic E-state index is 13.9. The summed E-state index contributed by atoms with van der Waals surface area (Å²) < 4.78 is 24.5. The number of ether oxygens (including phenoxy) is 2. The molecule has 1 fully saturated rings. The fraction of sp³-hybridized carbons (Fsp3) is 0.350. The molecule has 2 atom stereocenters. The second-order valence-electron chi connectivity index (χ2n) is 6.23. The molecule has 0 radical (unpaired) electrons. The zero-order valence-electron chi connectivity index (χ0n) is 15.3. The van der Waals surface area contributed by atoms with E-state index in [1.165, 1.54) is 6.07 Å². The lowest BCUT2D eigenvalue weighted by molar-refractivity contribution is 0.354. The standard InChI is InChI=1S/C20H24FN3O2/c1-22-20(23-12-13-8-9-18(25-2)19(10-13)26-3)24-17-11-15(17)14-6-4-5-7-16(14)21/h4-10,15,17H,11-12H2,1-3H3,(H2,22,23,24). The maximum Gasteiger partial charge on any atom is 0.191 e. The number of benzene rings is 2. The van der Waals surface area contributed by atoms with Crippen molar-refractivity contribution in [1.82, 2.24) is 10.6 Å². The molecule has 0 spiro atoms. The molecule has 2 N–H and O–H groups in total. The second-order valence-corrected chi connectivity index (χ2v) is 6.23. The largest absolute Gasteiger partial charge is 0.493 e. The molecule has 0 bridgehead atoms. The summed E-state index contributed by atoms with van der Waals surface area (Å²) in [4.78, 5) is 4.25. The second kappa shape index (κ2) is 8.08.